The molecule has 1 saturated heterocycles. The molecular formula is C21H33NO3Si. The third-order valence-electron chi connectivity index (χ3n) is 5.45. The number of β-lactam (4-membered cyclic amide) rings is 1. The Bertz CT molecular complexity index is 626. The van der Waals surface area contributed by atoms with E-state index in [2.05, 4.69) is 20.8 Å². The van der Waals surface area contributed by atoms with Crippen molar-refractivity contribution >= 4 is 20.1 Å². The normalized spacial score (nSPS) is 20.8. The van der Waals surface area contributed by atoms with Crippen molar-refractivity contribution in [3.63, 3.8) is 0 Å². The Morgan fingerprint density at radius 3 is 2.08 bits per heavy atom. The summed E-state index contributed by atoms with van der Waals surface area (Å²) in [7, 11) is -1.94. The van der Waals surface area contributed by atoms with Crippen LogP contribution < -0.4 is 0 Å². The summed E-state index contributed by atoms with van der Waals surface area (Å²) in [4.78, 5) is 27.2. The number of benzene rings is 1. The van der Waals surface area contributed by atoms with Crippen molar-refractivity contribution in [1.82, 2.24) is 4.90 Å². The second kappa shape index (κ2) is 8.05. The standard InChI is InChI=1S/C21H33NO3Si/c1-7-26(8-2,9-3)25-19-18(16-13-11-10-12-14-16)22(20(19)24)17(23)15-21(4,5)6/h10-14,18-19H,7-9,15H2,1-6H3/t18-,19-/m1/s1. The second-order valence-electron chi connectivity index (χ2n) is 8.48. The van der Waals surface area contributed by atoms with Gasteiger partial charge in [-0.05, 0) is 29.1 Å². The van der Waals surface area contributed by atoms with Crippen LogP contribution in [-0.4, -0.2) is 31.1 Å². The van der Waals surface area contributed by atoms with Gasteiger partial charge in [-0.1, -0.05) is 71.9 Å². The Kier molecular flexibility index (Phi) is 6.45. The maximum Gasteiger partial charge on any atom is 0.260 e. The van der Waals surface area contributed by atoms with Crippen LogP contribution in [0.25, 0.3) is 0 Å². The van der Waals surface area contributed by atoms with Crippen molar-refractivity contribution in [3.8, 4) is 0 Å². The van der Waals surface area contributed by atoms with Crippen LogP contribution in [-0.2, 0) is 14.0 Å². The molecule has 144 valence electrons. The van der Waals surface area contributed by atoms with Gasteiger partial charge in [-0.3, -0.25) is 14.5 Å². The molecule has 4 nitrogen and oxygen atoms in total. The number of hydrogen-bond donors (Lipinski definition) is 0. The number of imide groups is 1. The first-order valence-corrected chi connectivity index (χ1v) is 12.3. The van der Waals surface area contributed by atoms with Crippen LogP contribution in [0.2, 0.25) is 18.1 Å². The minimum absolute atomic E-state index is 0.104. The van der Waals surface area contributed by atoms with Crippen molar-refractivity contribution in [1.29, 1.82) is 0 Å². The molecule has 2 rings (SSSR count). The van der Waals surface area contributed by atoms with Gasteiger partial charge < -0.3 is 4.43 Å². The SMILES string of the molecule is CC[Si](CC)(CC)O[C@H]1C(=O)N(C(=O)CC(C)(C)C)[C@@H]1c1ccccc1. The minimum Gasteiger partial charge on any atom is -0.403 e. The predicted octanol–water partition coefficient (Wildman–Crippen LogP) is 4.92. The molecule has 26 heavy (non-hydrogen) atoms. The Labute approximate surface area is 159 Å². The lowest BCUT2D eigenvalue weighted by Gasteiger charge is -2.49. The molecule has 5 heteroatoms. The molecule has 0 saturated carbocycles. The maximum absolute atomic E-state index is 12.9. The molecule has 1 aromatic rings. The zero-order valence-electron chi connectivity index (χ0n) is 17.0. The Hall–Kier alpha value is -1.46. The molecule has 0 aliphatic carbocycles. The Morgan fingerprint density at radius 1 is 1.08 bits per heavy atom. The van der Waals surface area contributed by atoms with Crippen molar-refractivity contribution in [2.75, 3.05) is 0 Å². The van der Waals surface area contributed by atoms with E-state index in [1.54, 1.807) is 0 Å². The molecule has 1 aromatic carbocycles. The number of likely N-dealkylation sites (tertiary alicyclic amines) is 1. The summed E-state index contributed by atoms with van der Waals surface area (Å²) in [6.07, 6.45) is -0.167. The van der Waals surface area contributed by atoms with Crippen LogP contribution in [0.3, 0.4) is 0 Å². The highest BCUT2D eigenvalue weighted by Crippen LogP contribution is 2.41. The maximum atomic E-state index is 12.9. The predicted molar refractivity (Wildman–Crippen MR) is 107 cm³/mol. The molecule has 1 aliphatic heterocycles. The van der Waals surface area contributed by atoms with Gasteiger partial charge in [-0.25, -0.2) is 0 Å². The van der Waals surface area contributed by atoms with E-state index in [-0.39, 0.29) is 23.3 Å². The van der Waals surface area contributed by atoms with Gasteiger partial charge in [-0.15, -0.1) is 0 Å². The lowest BCUT2D eigenvalue weighted by atomic mass is 9.86. The number of nitrogens with zero attached hydrogens (tertiary/aromatic N) is 1. The van der Waals surface area contributed by atoms with E-state index in [1.807, 2.05) is 51.1 Å². The summed E-state index contributed by atoms with van der Waals surface area (Å²) in [5, 5.41) is 0. The smallest absolute Gasteiger partial charge is 0.260 e. The molecule has 0 N–H and O–H groups in total. The molecule has 2 amide bonds. The van der Waals surface area contributed by atoms with Crippen LogP contribution in [0.4, 0.5) is 0 Å². The first-order valence-electron chi connectivity index (χ1n) is 9.76. The van der Waals surface area contributed by atoms with E-state index in [0.717, 1.165) is 23.7 Å². The molecule has 0 spiro atoms. The highest BCUT2D eigenvalue weighted by atomic mass is 28.4. The van der Waals surface area contributed by atoms with Crippen LogP contribution in [0.15, 0.2) is 30.3 Å². The lowest BCUT2D eigenvalue weighted by molar-refractivity contribution is -0.174. The monoisotopic (exact) mass is 375 g/mol. The number of amides is 2. The number of hydrogen-bond acceptors (Lipinski definition) is 3. The quantitative estimate of drug-likeness (QED) is 0.502. The third-order valence-corrected chi connectivity index (χ3v) is 10.1. The van der Waals surface area contributed by atoms with Crippen molar-refractivity contribution in [2.45, 2.75) is 78.2 Å². The molecule has 0 radical (unpaired) electrons. The summed E-state index contributed by atoms with van der Waals surface area (Å²) >= 11 is 0. The van der Waals surface area contributed by atoms with Crippen LogP contribution in [0.5, 0.6) is 0 Å². The van der Waals surface area contributed by atoms with E-state index in [1.165, 1.54) is 4.90 Å². The van der Waals surface area contributed by atoms with Gasteiger partial charge in [0, 0.05) is 6.42 Å². The van der Waals surface area contributed by atoms with E-state index in [0.29, 0.717) is 6.42 Å². The van der Waals surface area contributed by atoms with Gasteiger partial charge in [0.1, 0.15) is 0 Å². The summed E-state index contributed by atoms with van der Waals surface area (Å²) in [5.41, 5.74) is 0.824. The topological polar surface area (TPSA) is 46.6 Å². The van der Waals surface area contributed by atoms with Crippen molar-refractivity contribution in [3.05, 3.63) is 35.9 Å². The fourth-order valence-electron chi connectivity index (χ4n) is 3.64. The van der Waals surface area contributed by atoms with Crippen molar-refractivity contribution < 1.29 is 14.0 Å². The summed E-state index contributed by atoms with van der Waals surface area (Å²) in [6.45, 7) is 12.5. The second-order valence-corrected chi connectivity index (χ2v) is 13.2. The summed E-state index contributed by atoms with van der Waals surface area (Å²) in [6, 6.07) is 12.5. The number of rotatable bonds is 7. The molecule has 2 atom stereocenters. The number of carbonyl (C=O) groups is 2. The first-order chi connectivity index (χ1) is 12.2. The summed E-state index contributed by atoms with van der Waals surface area (Å²) in [5.74, 6) is -0.270. The van der Waals surface area contributed by atoms with E-state index >= 15 is 0 Å². The number of carbonyl (C=O) groups excluding carboxylic acids is 2. The van der Waals surface area contributed by atoms with Gasteiger partial charge in [0.25, 0.3) is 5.91 Å². The molecular weight excluding hydrogens is 342 g/mol. The Balaban J connectivity index is 2.32. The average Bonchev–Trinajstić information content (AvgIpc) is 2.60. The summed E-state index contributed by atoms with van der Waals surface area (Å²) < 4.78 is 6.51. The fraction of sp³-hybridized carbons (Fsp3) is 0.619. The molecule has 0 aromatic heterocycles. The molecule has 0 bridgehead atoms. The molecule has 1 heterocycles. The fourth-order valence-corrected chi connectivity index (χ4v) is 6.41. The van der Waals surface area contributed by atoms with Crippen molar-refractivity contribution in [2.24, 2.45) is 5.41 Å². The van der Waals surface area contributed by atoms with Crippen LogP contribution in [0.1, 0.15) is 59.6 Å². The van der Waals surface area contributed by atoms with Crippen LogP contribution in [0, 0.1) is 5.41 Å². The largest absolute Gasteiger partial charge is 0.403 e. The molecule has 1 aliphatic rings. The van der Waals surface area contributed by atoms with E-state index in [9.17, 15) is 9.59 Å². The highest BCUT2D eigenvalue weighted by Gasteiger charge is 2.54. The third kappa shape index (κ3) is 4.26. The zero-order valence-corrected chi connectivity index (χ0v) is 18.0. The highest BCUT2D eigenvalue weighted by molar-refractivity contribution is 6.73. The van der Waals surface area contributed by atoms with Gasteiger partial charge in [0.05, 0.1) is 6.04 Å². The van der Waals surface area contributed by atoms with Gasteiger partial charge in [0.2, 0.25) is 5.91 Å². The average molecular weight is 376 g/mol. The van der Waals surface area contributed by atoms with Gasteiger partial charge in [-0.2, -0.15) is 0 Å². The van der Waals surface area contributed by atoms with E-state index < -0.39 is 14.4 Å². The zero-order chi connectivity index (χ0) is 19.5. The van der Waals surface area contributed by atoms with Gasteiger partial charge in [0.15, 0.2) is 14.4 Å². The molecule has 1 fully saturated rings. The van der Waals surface area contributed by atoms with Gasteiger partial charge >= 0.3 is 0 Å². The van der Waals surface area contributed by atoms with Crippen LogP contribution >= 0.6 is 0 Å². The Morgan fingerprint density at radius 2 is 1.62 bits per heavy atom. The lowest BCUT2D eigenvalue weighted by Crippen LogP contribution is -2.64. The molecule has 0 unspecified atom stereocenters. The minimum atomic E-state index is -1.94. The first kappa shape index (κ1) is 20.8. The van der Waals surface area contributed by atoms with E-state index in [4.69, 9.17) is 4.43 Å².